The van der Waals surface area contributed by atoms with E-state index in [-0.39, 0.29) is 19.4 Å². The van der Waals surface area contributed by atoms with E-state index in [1.807, 2.05) is 0 Å². The molecule has 210 valence electrons. The summed E-state index contributed by atoms with van der Waals surface area (Å²) < 4.78 is 34.7. The van der Waals surface area contributed by atoms with Gasteiger partial charge >= 0.3 is 18.0 Å². The first-order valence-corrected chi connectivity index (χ1v) is 13.8. The number of halogens is 2. The minimum Gasteiger partial charge on any atom is -0.489 e. The predicted octanol–water partition coefficient (Wildman–Crippen LogP) is 0.821. The number of aromatic nitrogens is 1. The Morgan fingerprint density at radius 2 is 1.57 bits per heavy atom. The van der Waals surface area contributed by atoms with Crippen LogP contribution in [0.1, 0.15) is 67.5 Å². The summed E-state index contributed by atoms with van der Waals surface area (Å²) in [5, 5.41) is 2.58. The molecule has 1 amide bonds. The molecule has 0 saturated heterocycles. The summed E-state index contributed by atoms with van der Waals surface area (Å²) in [4.78, 5) is 43.2. The first kappa shape index (κ1) is 32.8. The van der Waals surface area contributed by atoms with Gasteiger partial charge in [0.05, 0.1) is 12.1 Å². The van der Waals surface area contributed by atoms with E-state index in [0.717, 1.165) is 0 Å². The topological polar surface area (TPSA) is 113 Å². The highest BCUT2D eigenvalue weighted by molar-refractivity contribution is 5.83. The quantitative estimate of drug-likeness (QED) is 0.155. The largest absolute Gasteiger partial charge is 0.489 e. The summed E-state index contributed by atoms with van der Waals surface area (Å²) >= 11 is 1.80. The van der Waals surface area contributed by atoms with Gasteiger partial charge in [0.25, 0.3) is 22.6 Å². The van der Waals surface area contributed by atoms with Crippen LogP contribution in [-0.4, -0.2) is 63.6 Å². The molecule has 2 atom stereocenters. The van der Waals surface area contributed by atoms with Crippen molar-refractivity contribution >= 4 is 18.0 Å². The van der Waals surface area contributed by atoms with Crippen LogP contribution in [0.5, 0.6) is 5.75 Å². The molecule has 0 radical (unpaired) electrons. The molecule has 9 nitrogen and oxygen atoms in total. The third-order valence-electron chi connectivity index (χ3n) is 4.56. The Hall–Kier alpha value is -2.18. The van der Waals surface area contributed by atoms with Gasteiger partial charge in [-0.15, -0.1) is 0 Å². The average molecular weight is 640 g/mol. The Bertz CT molecular complexity index is 896. The molecule has 11 heteroatoms. The maximum absolute atomic E-state index is 13.2. The molecule has 1 aromatic heterocycles. The molecule has 0 aliphatic carbocycles. The van der Waals surface area contributed by atoms with Crippen LogP contribution in [-0.2, 0) is 30.2 Å². The van der Waals surface area contributed by atoms with Gasteiger partial charge < -0.3 is 24.3 Å². The normalized spacial score (nSPS) is 13.8. The van der Waals surface area contributed by atoms with Crippen LogP contribution in [0.15, 0.2) is 18.3 Å². The fraction of sp³-hybridized carbons (Fsp3) is 0.692. The molecule has 1 aromatic rings. The Balaban J connectivity index is 3.23. The zero-order valence-electron chi connectivity index (χ0n) is 23.0. The maximum atomic E-state index is 13.2. The number of nitrogens with one attached hydrogen (secondary N) is 1. The van der Waals surface area contributed by atoms with E-state index in [0.29, 0.717) is 15.9 Å². The lowest BCUT2D eigenvalue weighted by Crippen LogP contribution is -3.36. The number of hydrogen-bond acceptors (Lipinski definition) is 8. The lowest BCUT2D eigenvalue weighted by Gasteiger charge is -2.29. The minimum absolute atomic E-state index is 0.0874. The van der Waals surface area contributed by atoms with Gasteiger partial charge in [0.15, 0.2) is 10.0 Å². The Morgan fingerprint density at radius 3 is 2.05 bits per heavy atom. The number of amides is 1. The molecule has 0 aromatic carbocycles. The zero-order valence-corrected chi connectivity index (χ0v) is 25.3. The molecule has 0 aliphatic heterocycles. The SMILES string of the molecule is CC(C)(C)OC(=O)C(Cc1ccc(OCCF)cn1)CC(NC(=O)OC(C)(C)C[IH+])C(=O)OC(C)(C)C. The number of esters is 2. The van der Waals surface area contributed by atoms with Crippen molar-refractivity contribution in [2.24, 2.45) is 5.92 Å². The van der Waals surface area contributed by atoms with E-state index >= 15 is 0 Å². The molecule has 0 spiro atoms. The van der Waals surface area contributed by atoms with Crippen LogP contribution in [0.4, 0.5) is 9.18 Å². The van der Waals surface area contributed by atoms with Gasteiger partial charge in [-0.1, -0.05) is 0 Å². The van der Waals surface area contributed by atoms with Crippen LogP contribution in [0.3, 0.4) is 0 Å². The van der Waals surface area contributed by atoms with Gasteiger partial charge in [0, 0.05) is 12.1 Å². The second-order valence-electron chi connectivity index (χ2n) is 11.2. The molecule has 0 aliphatic rings. The number of carbonyl (C=O) groups is 3. The van der Waals surface area contributed by atoms with Gasteiger partial charge in [0.2, 0.25) is 0 Å². The summed E-state index contributed by atoms with van der Waals surface area (Å²) in [6, 6.07) is 2.10. The molecule has 0 fully saturated rings. The first-order chi connectivity index (χ1) is 16.9. The highest BCUT2D eigenvalue weighted by Crippen LogP contribution is 2.22. The molecule has 37 heavy (non-hydrogen) atoms. The zero-order chi connectivity index (χ0) is 28.4. The second kappa shape index (κ2) is 14.1. The van der Waals surface area contributed by atoms with Gasteiger partial charge in [-0.05, 0) is 73.9 Å². The van der Waals surface area contributed by atoms with E-state index in [2.05, 4.69) is 10.3 Å². The summed E-state index contributed by atoms with van der Waals surface area (Å²) in [6.07, 6.45) is 0.661. The molecule has 0 bridgehead atoms. The number of hydrogen-bond donors (Lipinski definition) is 1. The van der Waals surface area contributed by atoms with Crippen LogP contribution < -0.4 is 32.6 Å². The summed E-state index contributed by atoms with van der Waals surface area (Å²) in [7, 11) is 0. The lowest BCUT2D eigenvalue weighted by atomic mass is 9.94. The van der Waals surface area contributed by atoms with Crippen molar-refractivity contribution in [2.75, 3.05) is 17.7 Å². The van der Waals surface area contributed by atoms with Gasteiger partial charge in [-0.25, -0.2) is 14.0 Å². The van der Waals surface area contributed by atoms with Gasteiger partial charge in [-0.3, -0.25) is 9.78 Å². The molecule has 1 N–H and O–H groups in total. The standard InChI is InChI=1S/C26H40FIN2O7/c1-24(2,3)35-21(31)17(13-18-9-10-19(15-29-18)34-12-11-27)14-20(22(32)36-25(4,5)6)30-23(33)37-26(7,8)16-28/h9-10,15,17,20,28H,11-14,16H2,1-8H3/p+1. The molecular formula is C26H41FIN2O7+. The van der Waals surface area contributed by atoms with E-state index in [9.17, 15) is 18.8 Å². The van der Waals surface area contributed by atoms with Crippen molar-refractivity contribution in [2.45, 2.75) is 91.1 Å². The van der Waals surface area contributed by atoms with E-state index in [1.54, 1.807) is 90.1 Å². The number of rotatable bonds is 12. The fourth-order valence-electron chi connectivity index (χ4n) is 3.00. The van der Waals surface area contributed by atoms with Crippen LogP contribution in [0.2, 0.25) is 0 Å². The monoisotopic (exact) mass is 639 g/mol. The Kier molecular flexibility index (Phi) is 12.5. The van der Waals surface area contributed by atoms with Crippen molar-refractivity contribution in [1.29, 1.82) is 0 Å². The number of alkyl halides is 2. The predicted molar refractivity (Wildman–Crippen MR) is 133 cm³/mol. The fourth-order valence-corrected chi connectivity index (χ4v) is 3.17. The molecule has 1 rings (SSSR count). The van der Waals surface area contributed by atoms with Crippen molar-refractivity contribution in [3.8, 4) is 5.75 Å². The molecule has 1 heterocycles. The number of ether oxygens (including phenoxy) is 4. The molecular weight excluding hydrogens is 598 g/mol. The highest BCUT2D eigenvalue weighted by atomic mass is 127. The smallest absolute Gasteiger partial charge is 0.408 e. The minimum atomic E-state index is -1.18. The van der Waals surface area contributed by atoms with E-state index in [4.69, 9.17) is 18.9 Å². The summed E-state index contributed by atoms with van der Waals surface area (Å²) in [5.41, 5.74) is -1.80. The van der Waals surface area contributed by atoms with Crippen LogP contribution in [0, 0.1) is 5.92 Å². The van der Waals surface area contributed by atoms with Gasteiger partial charge in [0.1, 0.15) is 36.3 Å². The van der Waals surface area contributed by atoms with Crippen molar-refractivity contribution in [1.82, 2.24) is 10.3 Å². The van der Waals surface area contributed by atoms with E-state index in [1.165, 1.54) is 6.20 Å². The second-order valence-corrected chi connectivity index (χ2v) is 12.0. The maximum Gasteiger partial charge on any atom is 0.408 e. The van der Waals surface area contributed by atoms with E-state index < -0.39 is 53.5 Å². The first-order valence-electron chi connectivity index (χ1n) is 12.1. The molecule has 0 saturated carbocycles. The third-order valence-corrected chi connectivity index (χ3v) is 6.54. The number of nitrogens with zero attached hydrogens (tertiary/aromatic N) is 1. The lowest BCUT2D eigenvalue weighted by molar-refractivity contribution is -0.394. The summed E-state index contributed by atoms with van der Waals surface area (Å²) in [5.74, 6) is -1.70. The Labute approximate surface area is 232 Å². The van der Waals surface area contributed by atoms with Crippen molar-refractivity contribution in [3.05, 3.63) is 24.0 Å². The number of pyridine rings is 1. The number of alkyl carbamates (subject to hydrolysis) is 1. The van der Waals surface area contributed by atoms with Crippen molar-refractivity contribution < 1.29 is 60.3 Å². The molecule has 2 unspecified atom stereocenters. The van der Waals surface area contributed by atoms with Crippen LogP contribution in [0.25, 0.3) is 0 Å². The highest BCUT2D eigenvalue weighted by Gasteiger charge is 2.36. The van der Waals surface area contributed by atoms with Gasteiger partial charge in [-0.2, -0.15) is 0 Å². The average Bonchev–Trinajstić information content (AvgIpc) is 2.74. The Morgan fingerprint density at radius 1 is 0.973 bits per heavy atom. The number of carbonyl (C=O) groups excluding carboxylic acids is 3. The van der Waals surface area contributed by atoms with Crippen LogP contribution >= 0.6 is 0 Å². The van der Waals surface area contributed by atoms with Crippen molar-refractivity contribution in [3.63, 3.8) is 0 Å². The third kappa shape index (κ3) is 13.8. The summed E-state index contributed by atoms with van der Waals surface area (Å²) in [6.45, 7) is 13.2.